The number of rotatable bonds is 3. The minimum absolute atomic E-state index is 0.193. The van der Waals surface area contributed by atoms with Crippen LogP contribution in [0.15, 0.2) is 42.5 Å². The zero-order chi connectivity index (χ0) is 16.7. The molecule has 114 valence electrons. The predicted octanol–water partition coefficient (Wildman–Crippen LogP) is 3.09. The van der Waals surface area contributed by atoms with Gasteiger partial charge in [-0.2, -0.15) is 0 Å². The fourth-order valence-corrected chi connectivity index (χ4v) is 2.70. The zero-order valence-corrected chi connectivity index (χ0v) is 11.6. The maximum Gasteiger partial charge on any atom is 0.337 e. The van der Waals surface area contributed by atoms with Crippen molar-refractivity contribution in [3.8, 4) is 0 Å². The van der Waals surface area contributed by atoms with E-state index in [1.54, 1.807) is 36.4 Å². The highest BCUT2D eigenvalue weighted by molar-refractivity contribution is 6.18. The summed E-state index contributed by atoms with van der Waals surface area (Å²) >= 11 is 0. The van der Waals surface area contributed by atoms with Crippen LogP contribution in [0, 0.1) is 0 Å². The van der Waals surface area contributed by atoms with Crippen molar-refractivity contribution in [2.24, 2.45) is 0 Å². The lowest BCUT2D eigenvalue weighted by Gasteiger charge is -2.11. The van der Waals surface area contributed by atoms with Gasteiger partial charge in [-0.05, 0) is 39.7 Å². The van der Waals surface area contributed by atoms with Crippen LogP contribution in [-0.4, -0.2) is 33.2 Å². The van der Waals surface area contributed by atoms with E-state index in [2.05, 4.69) is 0 Å². The van der Waals surface area contributed by atoms with E-state index < -0.39 is 34.6 Å². The Kier molecular flexibility index (Phi) is 3.22. The van der Waals surface area contributed by atoms with Gasteiger partial charge >= 0.3 is 17.9 Å². The predicted molar refractivity (Wildman–Crippen MR) is 82.3 cm³/mol. The van der Waals surface area contributed by atoms with E-state index in [1.807, 2.05) is 0 Å². The number of hydrogen-bond donors (Lipinski definition) is 3. The molecule has 0 spiro atoms. The second kappa shape index (κ2) is 5.10. The Bertz CT molecular complexity index is 1000. The topological polar surface area (TPSA) is 112 Å². The van der Waals surface area contributed by atoms with Crippen molar-refractivity contribution in [3.05, 3.63) is 59.2 Å². The third-order valence-corrected chi connectivity index (χ3v) is 3.66. The molecule has 0 aliphatic rings. The normalized spacial score (nSPS) is 10.8. The van der Waals surface area contributed by atoms with Crippen LogP contribution >= 0.6 is 0 Å². The second-order valence-electron chi connectivity index (χ2n) is 5.01. The number of benzene rings is 3. The number of carboxylic acids is 3. The molecule has 3 aromatic rings. The lowest BCUT2D eigenvalue weighted by atomic mass is 9.92. The van der Waals surface area contributed by atoms with Crippen molar-refractivity contribution in [3.63, 3.8) is 0 Å². The third kappa shape index (κ3) is 2.26. The smallest absolute Gasteiger partial charge is 0.337 e. The number of aromatic carboxylic acids is 3. The van der Waals surface area contributed by atoms with Gasteiger partial charge in [-0.1, -0.05) is 24.3 Å². The average molecular weight is 310 g/mol. The Morgan fingerprint density at radius 1 is 0.652 bits per heavy atom. The molecule has 0 atom stereocenters. The van der Waals surface area contributed by atoms with Gasteiger partial charge in [0.1, 0.15) is 0 Å². The first kappa shape index (κ1) is 14.5. The summed E-state index contributed by atoms with van der Waals surface area (Å²) < 4.78 is 0. The van der Waals surface area contributed by atoms with Crippen LogP contribution in [0.2, 0.25) is 0 Å². The van der Waals surface area contributed by atoms with Crippen molar-refractivity contribution < 1.29 is 29.7 Å². The van der Waals surface area contributed by atoms with Crippen LogP contribution in [0.4, 0.5) is 0 Å². The highest BCUT2D eigenvalue weighted by atomic mass is 16.4. The van der Waals surface area contributed by atoms with Crippen LogP contribution in [0.1, 0.15) is 31.1 Å². The molecule has 0 saturated heterocycles. The molecule has 0 amide bonds. The van der Waals surface area contributed by atoms with Crippen LogP contribution in [0.3, 0.4) is 0 Å². The van der Waals surface area contributed by atoms with E-state index in [-0.39, 0.29) is 5.39 Å². The first-order chi connectivity index (χ1) is 10.9. The maximum absolute atomic E-state index is 11.6. The summed E-state index contributed by atoms with van der Waals surface area (Å²) in [6.45, 7) is 0. The van der Waals surface area contributed by atoms with Crippen molar-refractivity contribution in [2.75, 3.05) is 0 Å². The molecular formula is C17H10O6. The van der Waals surface area contributed by atoms with Gasteiger partial charge in [-0.3, -0.25) is 0 Å². The van der Waals surface area contributed by atoms with Crippen molar-refractivity contribution in [1.29, 1.82) is 0 Å². The molecule has 0 fully saturated rings. The summed E-state index contributed by atoms with van der Waals surface area (Å²) in [5.41, 5.74) is -1.77. The van der Waals surface area contributed by atoms with Crippen LogP contribution in [0.5, 0.6) is 0 Å². The van der Waals surface area contributed by atoms with E-state index in [4.69, 9.17) is 0 Å². The molecule has 0 aromatic heterocycles. The summed E-state index contributed by atoms with van der Waals surface area (Å²) in [6.07, 6.45) is 0. The van der Waals surface area contributed by atoms with Gasteiger partial charge < -0.3 is 15.3 Å². The highest BCUT2D eigenvalue weighted by Gasteiger charge is 2.27. The fourth-order valence-electron chi connectivity index (χ4n) is 2.70. The SMILES string of the molecule is O=C(O)c1cc2cc3ccccc3cc2c(C(=O)O)c1C(=O)O. The van der Waals surface area contributed by atoms with Gasteiger partial charge in [-0.25, -0.2) is 14.4 Å². The van der Waals surface area contributed by atoms with Crippen LogP contribution in [-0.2, 0) is 0 Å². The molecular weight excluding hydrogens is 300 g/mol. The van der Waals surface area contributed by atoms with E-state index in [0.717, 1.165) is 10.8 Å². The third-order valence-electron chi connectivity index (χ3n) is 3.66. The molecule has 0 aliphatic heterocycles. The van der Waals surface area contributed by atoms with E-state index >= 15 is 0 Å². The molecule has 0 bridgehead atoms. The first-order valence-corrected chi connectivity index (χ1v) is 6.59. The number of carboxylic acid groups (broad SMARTS) is 3. The number of carbonyl (C=O) groups is 3. The Morgan fingerprint density at radius 3 is 1.74 bits per heavy atom. The monoisotopic (exact) mass is 310 g/mol. The minimum Gasteiger partial charge on any atom is -0.478 e. The Morgan fingerprint density at radius 2 is 1.22 bits per heavy atom. The van der Waals surface area contributed by atoms with E-state index in [1.165, 1.54) is 6.07 Å². The summed E-state index contributed by atoms with van der Waals surface area (Å²) in [5, 5.41) is 30.1. The first-order valence-electron chi connectivity index (χ1n) is 6.59. The fraction of sp³-hybridized carbons (Fsp3) is 0. The van der Waals surface area contributed by atoms with Crippen molar-refractivity contribution in [1.82, 2.24) is 0 Å². The molecule has 0 saturated carbocycles. The lowest BCUT2D eigenvalue weighted by Crippen LogP contribution is -2.15. The van der Waals surface area contributed by atoms with Gasteiger partial charge in [0.2, 0.25) is 0 Å². The van der Waals surface area contributed by atoms with Gasteiger partial charge in [0, 0.05) is 0 Å². The van der Waals surface area contributed by atoms with Crippen LogP contribution < -0.4 is 0 Å². The van der Waals surface area contributed by atoms with Gasteiger partial charge in [-0.15, -0.1) is 0 Å². The summed E-state index contributed by atoms with van der Waals surface area (Å²) in [6, 6.07) is 11.6. The molecule has 0 aliphatic carbocycles. The summed E-state index contributed by atoms with van der Waals surface area (Å²) in [4.78, 5) is 34.4. The highest BCUT2D eigenvalue weighted by Crippen LogP contribution is 2.30. The molecule has 6 heteroatoms. The molecule has 3 aromatic carbocycles. The van der Waals surface area contributed by atoms with Gasteiger partial charge in [0.15, 0.2) is 0 Å². The number of fused-ring (bicyclic) bond motifs is 2. The molecule has 0 radical (unpaired) electrons. The Hall–Kier alpha value is -3.41. The molecule has 0 unspecified atom stereocenters. The second-order valence-corrected chi connectivity index (χ2v) is 5.01. The van der Waals surface area contributed by atoms with Crippen molar-refractivity contribution >= 4 is 39.5 Å². The van der Waals surface area contributed by atoms with E-state index in [9.17, 15) is 29.7 Å². The zero-order valence-electron chi connectivity index (χ0n) is 11.6. The standard InChI is InChI=1S/C17H10O6/c18-15(19)12-7-10-5-8-3-1-2-4-9(8)6-11(10)13(16(20)21)14(12)17(22)23/h1-7H,(H,18,19)(H,20,21)(H,22,23). The molecule has 3 N–H and O–H groups in total. The van der Waals surface area contributed by atoms with Gasteiger partial charge in [0.05, 0.1) is 16.7 Å². The summed E-state index contributed by atoms with van der Waals surface area (Å²) in [5.74, 6) is -4.56. The van der Waals surface area contributed by atoms with Crippen LogP contribution in [0.25, 0.3) is 21.5 Å². The lowest BCUT2D eigenvalue weighted by molar-refractivity contribution is 0.0634. The van der Waals surface area contributed by atoms with Crippen molar-refractivity contribution in [2.45, 2.75) is 0 Å². The molecule has 6 nitrogen and oxygen atoms in total. The summed E-state index contributed by atoms with van der Waals surface area (Å²) in [7, 11) is 0. The van der Waals surface area contributed by atoms with E-state index in [0.29, 0.717) is 5.39 Å². The largest absolute Gasteiger partial charge is 0.478 e. The quantitative estimate of drug-likeness (QED) is 0.641. The molecule has 0 heterocycles. The minimum atomic E-state index is -1.59. The number of hydrogen-bond acceptors (Lipinski definition) is 3. The average Bonchev–Trinajstić information content (AvgIpc) is 2.50. The Balaban J connectivity index is 2.58. The molecule has 23 heavy (non-hydrogen) atoms. The molecule has 3 rings (SSSR count). The Labute approximate surface area is 129 Å². The maximum atomic E-state index is 11.6. The van der Waals surface area contributed by atoms with Gasteiger partial charge in [0.25, 0.3) is 0 Å².